The van der Waals surface area contributed by atoms with Gasteiger partial charge in [0.15, 0.2) is 0 Å². The minimum atomic E-state index is -0.0850. The number of hydrogen-bond donors (Lipinski definition) is 1. The highest BCUT2D eigenvalue weighted by Gasteiger charge is 2.06. The molecule has 110 valence electrons. The number of alkyl halides is 1. The fourth-order valence-electron chi connectivity index (χ4n) is 1.85. The van der Waals surface area contributed by atoms with Gasteiger partial charge in [-0.25, -0.2) is 0 Å². The molecule has 0 aliphatic rings. The lowest BCUT2D eigenvalue weighted by atomic mass is 10.2. The lowest BCUT2D eigenvalue weighted by Crippen LogP contribution is -2.22. The van der Waals surface area contributed by atoms with Gasteiger partial charge in [-0.15, -0.1) is 0 Å². The maximum Gasteiger partial charge on any atom is 0.251 e. The molecule has 3 nitrogen and oxygen atoms in total. The molecule has 2 rings (SSSR count). The lowest BCUT2D eigenvalue weighted by molar-refractivity contribution is 0.0950. The fourth-order valence-corrected chi connectivity index (χ4v) is 2.16. The average Bonchev–Trinajstić information content (AvgIpc) is 2.54. The van der Waals surface area contributed by atoms with E-state index in [-0.39, 0.29) is 5.91 Å². The molecule has 0 atom stereocenters. The van der Waals surface area contributed by atoms with Crippen molar-refractivity contribution in [3.8, 4) is 5.75 Å². The Morgan fingerprint density at radius 2 is 1.90 bits per heavy atom. The standard InChI is InChI=1S/C17H18INO2/c18-10-5-11-21-16-9-4-8-15(12-16)17(20)19-13-14-6-2-1-3-7-14/h1-4,6-9,12H,5,10-11,13H2,(H,19,20). The van der Waals surface area contributed by atoms with E-state index >= 15 is 0 Å². The van der Waals surface area contributed by atoms with Gasteiger partial charge in [0.25, 0.3) is 5.91 Å². The number of hydrogen-bond acceptors (Lipinski definition) is 2. The van der Waals surface area contributed by atoms with Gasteiger partial charge in [-0.3, -0.25) is 4.79 Å². The second-order valence-corrected chi connectivity index (χ2v) is 5.67. The first-order valence-corrected chi connectivity index (χ1v) is 8.43. The number of amides is 1. The van der Waals surface area contributed by atoms with Crippen LogP contribution in [0.2, 0.25) is 0 Å². The first-order valence-electron chi connectivity index (χ1n) is 6.90. The molecule has 0 bridgehead atoms. The molecule has 1 amide bonds. The van der Waals surface area contributed by atoms with Gasteiger partial charge >= 0.3 is 0 Å². The van der Waals surface area contributed by atoms with Crippen molar-refractivity contribution in [2.75, 3.05) is 11.0 Å². The zero-order chi connectivity index (χ0) is 14.9. The Hall–Kier alpha value is -1.56. The SMILES string of the molecule is O=C(NCc1ccccc1)c1cccc(OCCCI)c1. The summed E-state index contributed by atoms with van der Waals surface area (Å²) in [5.74, 6) is 0.658. The third-order valence-electron chi connectivity index (χ3n) is 2.94. The van der Waals surface area contributed by atoms with Crippen LogP contribution in [0.3, 0.4) is 0 Å². The average molecular weight is 395 g/mol. The van der Waals surface area contributed by atoms with Crippen LogP contribution in [0.5, 0.6) is 5.75 Å². The van der Waals surface area contributed by atoms with E-state index in [1.54, 1.807) is 12.1 Å². The van der Waals surface area contributed by atoms with Gasteiger partial charge in [0.2, 0.25) is 0 Å². The molecule has 0 aliphatic heterocycles. The van der Waals surface area contributed by atoms with E-state index in [1.165, 1.54) is 0 Å². The van der Waals surface area contributed by atoms with Crippen molar-refractivity contribution in [1.82, 2.24) is 5.32 Å². The van der Waals surface area contributed by atoms with Crippen molar-refractivity contribution in [3.05, 3.63) is 65.7 Å². The number of carbonyl (C=O) groups is 1. The molecule has 0 aromatic heterocycles. The van der Waals surface area contributed by atoms with Crippen LogP contribution in [-0.2, 0) is 6.54 Å². The number of carbonyl (C=O) groups excluding carboxylic acids is 1. The highest BCUT2D eigenvalue weighted by molar-refractivity contribution is 14.1. The van der Waals surface area contributed by atoms with Gasteiger partial charge in [-0.2, -0.15) is 0 Å². The van der Waals surface area contributed by atoms with Crippen LogP contribution in [0, 0.1) is 0 Å². The maximum atomic E-state index is 12.1. The molecule has 0 heterocycles. The monoisotopic (exact) mass is 395 g/mol. The Bertz CT molecular complexity index is 572. The normalized spacial score (nSPS) is 10.1. The van der Waals surface area contributed by atoms with Crippen LogP contribution in [-0.4, -0.2) is 16.9 Å². The molecule has 0 spiro atoms. The van der Waals surface area contributed by atoms with E-state index in [1.807, 2.05) is 42.5 Å². The second-order valence-electron chi connectivity index (χ2n) is 4.59. The van der Waals surface area contributed by atoms with Gasteiger partial charge in [-0.1, -0.05) is 59.0 Å². The smallest absolute Gasteiger partial charge is 0.251 e. The van der Waals surface area contributed by atoms with Crippen LogP contribution in [0.25, 0.3) is 0 Å². The summed E-state index contributed by atoms with van der Waals surface area (Å²) in [6, 6.07) is 17.2. The molecule has 21 heavy (non-hydrogen) atoms. The summed E-state index contributed by atoms with van der Waals surface area (Å²) < 4.78 is 6.68. The van der Waals surface area contributed by atoms with Crippen molar-refractivity contribution in [2.24, 2.45) is 0 Å². The Morgan fingerprint density at radius 3 is 2.67 bits per heavy atom. The highest BCUT2D eigenvalue weighted by Crippen LogP contribution is 2.14. The predicted octanol–water partition coefficient (Wildman–Crippen LogP) is 3.82. The minimum absolute atomic E-state index is 0.0850. The molecule has 0 radical (unpaired) electrons. The second kappa shape index (κ2) is 8.67. The first-order chi connectivity index (χ1) is 10.3. The third-order valence-corrected chi connectivity index (χ3v) is 3.70. The van der Waals surface area contributed by atoms with E-state index in [4.69, 9.17) is 4.74 Å². The minimum Gasteiger partial charge on any atom is -0.494 e. The Kier molecular flexibility index (Phi) is 6.53. The van der Waals surface area contributed by atoms with Crippen molar-refractivity contribution in [1.29, 1.82) is 0 Å². The van der Waals surface area contributed by atoms with E-state index in [9.17, 15) is 4.79 Å². The summed E-state index contributed by atoms with van der Waals surface area (Å²) in [5.41, 5.74) is 1.71. The summed E-state index contributed by atoms with van der Waals surface area (Å²) >= 11 is 2.32. The van der Waals surface area contributed by atoms with Crippen molar-refractivity contribution >= 4 is 28.5 Å². The van der Waals surface area contributed by atoms with Gasteiger partial charge in [0.05, 0.1) is 6.61 Å². The van der Waals surface area contributed by atoms with Crippen LogP contribution >= 0.6 is 22.6 Å². The zero-order valence-corrected chi connectivity index (χ0v) is 13.9. The Morgan fingerprint density at radius 1 is 1.10 bits per heavy atom. The van der Waals surface area contributed by atoms with Crippen molar-refractivity contribution in [3.63, 3.8) is 0 Å². The number of rotatable bonds is 7. The Labute approximate surface area is 138 Å². The van der Waals surface area contributed by atoms with Crippen LogP contribution in [0.15, 0.2) is 54.6 Å². The highest BCUT2D eigenvalue weighted by atomic mass is 127. The molecule has 0 fully saturated rings. The molecule has 2 aromatic carbocycles. The number of halogens is 1. The van der Waals surface area contributed by atoms with Gasteiger partial charge in [-0.05, 0) is 30.2 Å². The van der Waals surface area contributed by atoms with E-state index in [0.717, 1.165) is 22.2 Å². The van der Waals surface area contributed by atoms with Crippen molar-refractivity contribution in [2.45, 2.75) is 13.0 Å². The maximum absolute atomic E-state index is 12.1. The quantitative estimate of drug-likeness (QED) is 0.440. The molecule has 0 saturated heterocycles. The third kappa shape index (κ3) is 5.38. The van der Waals surface area contributed by atoms with Gasteiger partial charge in [0.1, 0.15) is 5.75 Å². The fraction of sp³-hybridized carbons (Fsp3) is 0.235. The molecule has 2 aromatic rings. The topological polar surface area (TPSA) is 38.3 Å². The number of ether oxygens (including phenoxy) is 1. The van der Waals surface area contributed by atoms with E-state index < -0.39 is 0 Å². The zero-order valence-electron chi connectivity index (χ0n) is 11.7. The van der Waals surface area contributed by atoms with E-state index in [0.29, 0.717) is 18.7 Å². The molecular formula is C17H18INO2. The van der Waals surface area contributed by atoms with Crippen LogP contribution in [0.4, 0.5) is 0 Å². The van der Waals surface area contributed by atoms with Gasteiger partial charge < -0.3 is 10.1 Å². The lowest BCUT2D eigenvalue weighted by Gasteiger charge is -2.08. The number of nitrogens with one attached hydrogen (secondary N) is 1. The first kappa shape index (κ1) is 15.8. The summed E-state index contributed by atoms with van der Waals surface area (Å²) in [4.78, 5) is 12.1. The molecule has 1 N–H and O–H groups in total. The molecule has 0 unspecified atom stereocenters. The molecule has 0 saturated carbocycles. The summed E-state index contributed by atoms with van der Waals surface area (Å²) in [6.45, 7) is 1.21. The van der Waals surface area contributed by atoms with E-state index in [2.05, 4.69) is 27.9 Å². The summed E-state index contributed by atoms with van der Waals surface area (Å²) in [6.07, 6.45) is 1.00. The van der Waals surface area contributed by atoms with Crippen LogP contribution < -0.4 is 10.1 Å². The molecular weight excluding hydrogens is 377 g/mol. The Balaban J connectivity index is 1.91. The summed E-state index contributed by atoms with van der Waals surface area (Å²) in [5, 5.41) is 2.91. The number of benzene rings is 2. The van der Waals surface area contributed by atoms with Crippen LogP contribution in [0.1, 0.15) is 22.3 Å². The van der Waals surface area contributed by atoms with Crippen molar-refractivity contribution < 1.29 is 9.53 Å². The molecule has 0 aliphatic carbocycles. The van der Waals surface area contributed by atoms with Gasteiger partial charge in [0, 0.05) is 16.5 Å². The predicted molar refractivity (Wildman–Crippen MR) is 93.1 cm³/mol. The largest absolute Gasteiger partial charge is 0.494 e. The summed E-state index contributed by atoms with van der Waals surface area (Å²) in [7, 11) is 0. The molecule has 4 heteroatoms.